The summed E-state index contributed by atoms with van der Waals surface area (Å²) < 4.78 is 5.74. The molecule has 0 radical (unpaired) electrons. The van der Waals surface area contributed by atoms with Gasteiger partial charge in [0.1, 0.15) is 12.4 Å². The van der Waals surface area contributed by atoms with Gasteiger partial charge in [-0.05, 0) is 30.5 Å². The maximum atomic E-state index is 5.74. The molecule has 0 atom stereocenters. The minimum Gasteiger partial charge on any atom is -0.489 e. The number of hydrogen-bond donors (Lipinski definition) is 1. The van der Waals surface area contributed by atoms with Crippen molar-refractivity contribution in [2.24, 2.45) is 0 Å². The van der Waals surface area contributed by atoms with Crippen molar-refractivity contribution < 1.29 is 4.74 Å². The lowest BCUT2D eigenvalue weighted by atomic mass is 10.2. The molecule has 1 aromatic heterocycles. The Labute approximate surface area is 125 Å². The van der Waals surface area contributed by atoms with Gasteiger partial charge in [-0.1, -0.05) is 36.4 Å². The third kappa shape index (κ3) is 4.72. The van der Waals surface area contributed by atoms with E-state index in [9.17, 15) is 0 Å². The summed E-state index contributed by atoms with van der Waals surface area (Å²) in [5.74, 6) is 0.871. The van der Waals surface area contributed by atoms with Gasteiger partial charge in [-0.25, -0.2) is 0 Å². The van der Waals surface area contributed by atoms with Crippen LogP contribution >= 0.6 is 0 Å². The molecule has 0 spiro atoms. The van der Waals surface area contributed by atoms with Gasteiger partial charge in [-0.15, -0.1) is 0 Å². The molecule has 3 nitrogen and oxygen atoms in total. The Balaban J connectivity index is 1.48. The lowest BCUT2D eigenvalue weighted by Crippen LogP contribution is -2.16. The van der Waals surface area contributed by atoms with Crippen LogP contribution in [0.1, 0.15) is 24.1 Å². The lowest BCUT2D eigenvalue weighted by Gasteiger charge is -2.06. The van der Waals surface area contributed by atoms with Crippen LogP contribution in [-0.2, 0) is 6.54 Å². The van der Waals surface area contributed by atoms with Crippen molar-refractivity contribution in [1.29, 1.82) is 0 Å². The Morgan fingerprint density at radius 1 is 1.19 bits per heavy atom. The Hall–Kier alpha value is -2.13. The SMILES string of the molecule is C(=Cc1ccccc1)COc1ccnc(CNC2CC2)c1. The third-order valence-corrected chi connectivity index (χ3v) is 3.39. The lowest BCUT2D eigenvalue weighted by molar-refractivity contribution is 0.362. The topological polar surface area (TPSA) is 34.1 Å². The molecule has 0 aliphatic heterocycles. The summed E-state index contributed by atoms with van der Waals surface area (Å²) in [5, 5.41) is 3.46. The van der Waals surface area contributed by atoms with Crippen molar-refractivity contribution in [3.63, 3.8) is 0 Å². The number of aromatic nitrogens is 1. The monoisotopic (exact) mass is 280 g/mol. The zero-order valence-electron chi connectivity index (χ0n) is 12.0. The van der Waals surface area contributed by atoms with Gasteiger partial charge in [-0.2, -0.15) is 0 Å². The van der Waals surface area contributed by atoms with E-state index >= 15 is 0 Å². The molecule has 2 aromatic rings. The maximum Gasteiger partial charge on any atom is 0.123 e. The van der Waals surface area contributed by atoms with E-state index in [0.717, 1.165) is 18.0 Å². The number of nitrogens with zero attached hydrogens (tertiary/aromatic N) is 1. The first kappa shape index (κ1) is 13.8. The molecular weight excluding hydrogens is 260 g/mol. The predicted octanol–water partition coefficient (Wildman–Crippen LogP) is 3.43. The number of hydrogen-bond acceptors (Lipinski definition) is 3. The molecule has 1 saturated carbocycles. The summed E-state index contributed by atoms with van der Waals surface area (Å²) in [6.07, 6.45) is 8.48. The van der Waals surface area contributed by atoms with E-state index in [0.29, 0.717) is 12.6 Å². The van der Waals surface area contributed by atoms with Crippen LogP contribution in [0, 0.1) is 0 Å². The summed E-state index contributed by atoms with van der Waals surface area (Å²) >= 11 is 0. The van der Waals surface area contributed by atoms with Gasteiger partial charge in [0.2, 0.25) is 0 Å². The van der Waals surface area contributed by atoms with Crippen molar-refractivity contribution in [1.82, 2.24) is 10.3 Å². The maximum absolute atomic E-state index is 5.74. The largest absolute Gasteiger partial charge is 0.489 e. The van der Waals surface area contributed by atoms with Crippen LogP contribution in [0.15, 0.2) is 54.7 Å². The highest BCUT2D eigenvalue weighted by molar-refractivity contribution is 5.48. The van der Waals surface area contributed by atoms with Gasteiger partial charge in [0.15, 0.2) is 0 Å². The van der Waals surface area contributed by atoms with E-state index in [1.165, 1.54) is 18.4 Å². The molecule has 1 aliphatic carbocycles. The molecule has 0 amide bonds. The normalized spacial score (nSPS) is 14.5. The highest BCUT2D eigenvalue weighted by Crippen LogP contribution is 2.19. The first-order valence-electron chi connectivity index (χ1n) is 7.43. The first-order valence-corrected chi connectivity index (χ1v) is 7.43. The summed E-state index contributed by atoms with van der Waals surface area (Å²) in [6, 6.07) is 14.8. The van der Waals surface area contributed by atoms with Gasteiger partial charge in [-0.3, -0.25) is 4.98 Å². The summed E-state index contributed by atoms with van der Waals surface area (Å²) in [6.45, 7) is 1.39. The van der Waals surface area contributed by atoms with Crippen LogP contribution < -0.4 is 10.1 Å². The third-order valence-electron chi connectivity index (χ3n) is 3.39. The average molecular weight is 280 g/mol. The standard InChI is InChI=1S/C18H20N2O/c1-2-5-15(6-3-1)7-4-12-21-18-10-11-19-17(13-18)14-20-16-8-9-16/h1-7,10-11,13,16,20H,8-9,12,14H2. The fourth-order valence-electron chi connectivity index (χ4n) is 2.07. The Morgan fingerprint density at radius 3 is 2.86 bits per heavy atom. The van der Waals surface area contributed by atoms with E-state index < -0.39 is 0 Å². The highest BCUT2D eigenvalue weighted by Gasteiger charge is 2.20. The van der Waals surface area contributed by atoms with E-state index in [-0.39, 0.29) is 0 Å². The number of nitrogens with one attached hydrogen (secondary N) is 1. The van der Waals surface area contributed by atoms with E-state index in [2.05, 4.69) is 28.5 Å². The van der Waals surface area contributed by atoms with Crippen molar-refractivity contribution in [2.75, 3.05) is 6.61 Å². The number of rotatable bonds is 7. The fraction of sp³-hybridized carbons (Fsp3) is 0.278. The highest BCUT2D eigenvalue weighted by atomic mass is 16.5. The molecule has 1 fully saturated rings. The molecule has 1 aliphatic rings. The number of ether oxygens (including phenoxy) is 1. The molecule has 1 aromatic carbocycles. The van der Waals surface area contributed by atoms with Crippen LogP contribution in [0.3, 0.4) is 0 Å². The fourth-order valence-corrected chi connectivity index (χ4v) is 2.07. The second-order valence-electron chi connectivity index (χ2n) is 5.26. The zero-order valence-corrected chi connectivity index (χ0v) is 12.0. The van der Waals surface area contributed by atoms with Crippen LogP contribution in [0.25, 0.3) is 6.08 Å². The zero-order chi connectivity index (χ0) is 14.3. The number of benzene rings is 1. The summed E-state index contributed by atoms with van der Waals surface area (Å²) in [7, 11) is 0. The molecule has 1 N–H and O–H groups in total. The first-order chi connectivity index (χ1) is 10.4. The molecule has 108 valence electrons. The Bertz CT molecular complexity index is 591. The molecule has 21 heavy (non-hydrogen) atoms. The number of pyridine rings is 1. The van der Waals surface area contributed by atoms with Crippen LogP contribution in [-0.4, -0.2) is 17.6 Å². The molecule has 3 rings (SSSR count). The molecule has 1 heterocycles. The Morgan fingerprint density at radius 2 is 2.05 bits per heavy atom. The average Bonchev–Trinajstić information content (AvgIpc) is 3.35. The molecule has 0 bridgehead atoms. The summed E-state index contributed by atoms with van der Waals surface area (Å²) in [5.41, 5.74) is 2.22. The molecule has 3 heteroatoms. The van der Waals surface area contributed by atoms with Gasteiger partial charge in [0.05, 0.1) is 5.69 Å². The molecule has 0 unspecified atom stereocenters. The van der Waals surface area contributed by atoms with Gasteiger partial charge in [0.25, 0.3) is 0 Å². The second kappa shape index (κ2) is 7.04. The minimum absolute atomic E-state index is 0.564. The minimum atomic E-state index is 0.564. The van der Waals surface area contributed by atoms with Crippen molar-refractivity contribution in [3.8, 4) is 5.75 Å². The van der Waals surface area contributed by atoms with E-state index in [1.807, 2.05) is 36.4 Å². The van der Waals surface area contributed by atoms with E-state index in [4.69, 9.17) is 4.74 Å². The van der Waals surface area contributed by atoms with Crippen molar-refractivity contribution in [3.05, 3.63) is 66.0 Å². The van der Waals surface area contributed by atoms with Gasteiger partial charge >= 0.3 is 0 Å². The molecular formula is C18H20N2O. The smallest absolute Gasteiger partial charge is 0.123 e. The second-order valence-corrected chi connectivity index (χ2v) is 5.26. The molecule has 0 saturated heterocycles. The van der Waals surface area contributed by atoms with Crippen LogP contribution in [0.4, 0.5) is 0 Å². The Kier molecular flexibility index (Phi) is 4.64. The van der Waals surface area contributed by atoms with Crippen molar-refractivity contribution >= 4 is 6.08 Å². The van der Waals surface area contributed by atoms with Gasteiger partial charge < -0.3 is 10.1 Å². The van der Waals surface area contributed by atoms with Gasteiger partial charge in [0, 0.05) is 24.8 Å². The summed E-state index contributed by atoms with van der Waals surface area (Å²) in [4.78, 5) is 4.35. The van der Waals surface area contributed by atoms with Crippen LogP contribution in [0.5, 0.6) is 5.75 Å². The van der Waals surface area contributed by atoms with Crippen LogP contribution in [0.2, 0.25) is 0 Å². The van der Waals surface area contributed by atoms with E-state index in [1.54, 1.807) is 6.20 Å². The van der Waals surface area contributed by atoms with Crippen molar-refractivity contribution in [2.45, 2.75) is 25.4 Å². The predicted molar refractivity (Wildman–Crippen MR) is 85.1 cm³/mol. The quantitative estimate of drug-likeness (QED) is 0.843.